The molecule has 0 atom stereocenters. The summed E-state index contributed by atoms with van der Waals surface area (Å²) in [5.74, 6) is -0.0332. The number of nitrogen functional groups attached to an aromatic ring is 1. The molecule has 0 saturated heterocycles. The van der Waals surface area contributed by atoms with Crippen LogP contribution in [-0.4, -0.2) is 34.1 Å². The number of carbonyl (C=O) groups excluding carboxylic acids is 1. The number of anilines is 1. The fourth-order valence-electron chi connectivity index (χ4n) is 2.31. The quantitative estimate of drug-likeness (QED) is 0.742. The first-order chi connectivity index (χ1) is 11.1. The highest BCUT2D eigenvalue weighted by atomic mass is 16.5. The average molecular weight is 312 g/mol. The molecule has 2 N–H and O–H groups in total. The fraction of sp³-hybridized carbons (Fsp3) is 0.188. The van der Waals surface area contributed by atoms with Crippen LogP contribution in [-0.2, 0) is 4.74 Å². The van der Waals surface area contributed by atoms with Crippen LogP contribution in [0.4, 0.5) is 5.69 Å². The van der Waals surface area contributed by atoms with Crippen molar-refractivity contribution in [2.45, 2.75) is 6.92 Å². The van der Waals surface area contributed by atoms with Gasteiger partial charge in [-0.1, -0.05) is 0 Å². The largest absolute Gasteiger partial charge is 0.480 e. The maximum atomic E-state index is 12.0. The van der Waals surface area contributed by atoms with E-state index in [1.165, 1.54) is 13.3 Å². The van der Waals surface area contributed by atoms with Crippen molar-refractivity contribution >= 4 is 17.3 Å². The summed E-state index contributed by atoms with van der Waals surface area (Å²) in [6, 6.07) is 5.48. The van der Waals surface area contributed by atoms with E-state index in [4.69, 9.17) is 15.2 Å². The van der Waals surface area contributed by atoms with Gasteiger partial charge in [0.1, 0.15) is 5.65 Å². The van der Waals surface area contributed by atoms with Crippen molar-refractivity contribution in [3.8, 4) is 17.0 Å². The number of aromatic nitrogens is 3. The first kappa shape index (κ1) is 14.8. The first-order valence-corrected chi connectivity index (χ1v) is 7.08. The van der Waals surface area contributed by atoms with Gasteiger partial charge in [0, 0.05) is 23.5 Å². The Balaban J connectivity index is 2.07. The molecule has 0 aromatic carbocycles. The molecular formula is C16H16N4O3. The third kappa shape index (κ3) is 2.68. The highest BCUT2D eigenvalue weighted by Gasteiger charge is 2.14. The summed E-state index contributed by atoms with van der Waals surface area (Å²) in [4.78, 5) is 20.3. The predicted molar refractivity (Wildman–Crippen MR) is 85.3 cm³/mol. The Morgan fingerprint density at radius 3 is 2.78 bits per heavy atom. The summed E-state index contributed by atoms with van der Waals surface area (Å²) in [6.45, 7) is 2.07. The lowest BCUT2D eigenvalue weighted by atomic mass is 10.1. The number of carbonyl (C=O) groups is 1. The molecule has 7 nitrogen and oxygen atoms in total. The topological polar surface area (TPSA) is 91.7 Å². The van der Waals surface area contributed by atoms with Crippen LogP contribution in [0.5, 0.6) is 5.88 Å². The molecule has 0 bridgehead atoms. The van der Waals surface area contributed by atoms with Crippen molar-refractivity contribution in [1.82, 2.24) is 14.4 Å². The molecule has 0 amide bonds. The first-order valence-electron chi connectivity index (χ1n) is 7.08. The van der Waals surface area contributed by atoms with Gasteiger partial charge >= 0.3 is 5.97 Å². The highest BCUT2D eigenvalue weighted by Crippen LogP contribution is 2.26. The van der Waals surface area contributed by atoms with E-state index in [-0.39, 0.29) is 0 Å². The molecule has 0 fully saturated rings. The van der Waals surface area contributed by atoms with Crippen LogP contribution in [0.25, 0.3) is 16.8 Å². The van der Waals surface area contributed by atoms with Crippen molar-refractivity contribution in [1.29, 1.82) is 0 Å². The van der Waals surface area contributed by atoms with Gasteiger partial charge in [0.2, 0.25) is 5.88 Å². The van der Waals surface area contributed by atoms with Crippen LogP contribution in [0.15, 0.2) is 36.8 Å². The second kappa shape index (κ2) is 5.96. The van der Waals surface area contributed by atoms with Gasteiger partial charge in [-0.3, -0.25) is 4.40 Å². The van der Waals surface area contributed by atoms with Crippen LogP contribution in [0, 0.1) is 0 Å². The Bertz CT molecular complexity index is 873. The minimum absolute atomic E-state index is 0.310. The lowest BCUT2D eigenvalue weighted by Gasteiger charge is -2.08. The Morgan fingerprint density at radius 2 is 2.09 bits per heavy atom. The molecule has 0 aliphatic heterocycles. The van der Waals surface area contributed by atoms with E-state index < -0.39 is 5.97 Å². The molecule has 3 heterocycles. The lowest BCUT2D eigenvalue weighted by Crippen LogP contribution is -2.07. The zero-order valence-electron chi connectivity index (χ0n) is 12.8. The molecular weight excluding hydrogens is 296 g/mol. The number of pyridine rings is 2. The van der Waals surface area contributed by atoms with E-state index in [1.807, 2.05) is 12.1 Å². The van der Waals surface area contributed by atoms with Crippen molar-refractivity contribution in [3.63, 3.8) is 0 Å². The van der Waals surface area contributed by atoms with Crippen molar-refractivity contribution in [2.24, 2.45) is 0 Å². The second-order valence-corrected chi connectivity index (χ2v) is 4.83. The summed E-state index contributed by atoms with van der Waals surface area (Å²) < 4.78 is 11.8. The minimum atomic E-state index is -0.412. The van der Waals surface area contributed by atoms with Crippen molar-refractivity contribution in [3.05, 3.63) is 42.5 Å². The van der Waals surface area contributed by atoms with Crippen molar-refractivity contribution in [2.75, 3.05) is 19.5 Å². The molecule has 0 aliphatic carbocycles. The SMILES string of the molecule is CCOC(=O)c1cnc2ccc(-c3cnc(OC)c(N)c3)cn12. The van der Waals surface area contributed by atoms with Crippen LogP contribution >= 0.6 is 0 Å². The summed E-state index contributed by atoms with van der Waals surface area (Å²) >= 11 is 0. The molecule has 3 aromatic rings. The summed E-state index contributed by atoms with van der Waals surface area (Å²) in [7, 11) is 1.52. The predicted octanol–water partition coefficient (Wildman–Crippen LogP) is 2.16. The minimum Gasteiger partial charge on any atom is -0.480 e. The van der Waals surface area contributed by atoms with Crippen LogP contribution < -0.4 is 10.5 Å². The number of rotatable bonds is 4. The molecule has 0 unspecified atom stereocenters. The second-order valence-electron chi connectivity index (χ2n) is 4.83. The molecule has 7 heteroatoms. The lowest BCUT2D eigenvalue weighted by molar-refractivity contribution is 0.0518. The zero-order chi connectivity index (χ0) is 16.4. The van der Waals surface area contributed by atoms with E-state index >= 15 is 0 Å². The Hall–Kier alpha value is -3.09. The number of nitrogens with two attached hydrogens (primary N) is 1. The van der Waals surface area contributed by atoms with Gasteiger partial charge in [0.25, 0.3) is 0 Å². The molecule has 3 aromatic heterocycles. The Labute approximate surface area is 132 Å². The van der Waals surface area contributed by atoms with Gasteiger partial charge in [0.15, 0.2) is 5.69 Å². The van der Waals surface area contributed by atoms with Crippen LogP contribution in [0.3, 0.4) is 0 Å². The van der Waals surface area contributed by atoms with Gasteiger partial charge < -0.3 is 15.2 Å². The average Bonchev–Trinajstić information content (AvgIpc) is 2.98. The van der Waals surface area contributed by atoms with E-state index in [0.717, 1.165) is 11.1 Å². The van der Waals surface area contributed by atoms with E-state index in [1.54, 1.807) is 29.8 Å². The van der Waals surface area contributed by atoms with Gasteiger partial charge in [-0.05, 0) is 25.1 Å². The molecule has 3 rings (SSSR count). The summed E-state index contributed by atoms with van der Waals surface area (Å²) in [6.07, 6.45) is 4.96. The number of hydrogen-bond acceptors (Lipinski definition) is 6. The third-order valence-electron chi connectivity index (χ3n) is 3.40. The number of hydrogen-bond donors (Lipinski definition) is 1. The number of imidazole rings is 1. The number of nitrogens with zero attached hydrogens (tertiary/aromatic N) is 3. The zero-order valence-corrected chi connectivity index (χ0v) is 12.8. The van der Waals surface area contributed by atoms with E-state index in [9.17, 15) is 4.79 Å². The fourth-order valence-corrected chi connectivity index (χ4v) is 2.31. The van der Waals surface area contributed by atoms with Crippen molar-refractivity contribution < 1.29 is 14.3 Å². The molecule has 0 radical (unpaired) electrons. The van der Waals surface area contributed by atoms with Crippen LogP contribution in [0.1, 0.15) is 17.4 Å². The number of esters is 1. The van der Waals surface area contributed by atoms with E-state index in [0.29, 0.717) is 29.5 Å². The number of fused-ring (bicyclic) bond motifs is 1. The maximum absolute atomic E-state index is 12.0. The van der Waals surface area contributed by atoms with Gasteiger partial charge in [-0.25, -0.2) is 14.8 Å². The molecule has 0 aliphatic rings. The molecule has 0 spiro atoms. The molecule has 0 saturated carbocycles. The maximum Gasteiger partial charge on any atom is 0.356 e. The van der Waals surface area contributed by atoms with Gasteiger partial charge in [-0.15, -0.1) is 0 Å². The number of methoxy groups -OCH3 is 1. The number of ether oxygens (including phenoxy) is 2. The highest BCUT2D eigenvalue weighted by molar-refractivity contribution is 5.88. The standard InChI is InChI=1S/C16H16N4O3/c1-3-23-16(21)13-8-18-14-5-4-10(9-20(13)14)11-6-12(17)15(22-2)19-7-11/h4-9H,3,17H2,1-2H3. The summed E-state index contributed by atoms with van der Waals surface area (Å²) in [5, 5.41) is 0. The van der Waals surface area contributed by atoms with Gasteiger partial charge in [-0.2, -0.15) is 0 Å². The Morgan fingerprint density at radius 1 is 1.26 bits per heavy atom. The van der Waals surface area contributed by atoms with E-state index in [2.05, 4.69) is 9.97 Å². The normalized spacial score (nSPS) is 10.7. The monoisotopic (exact) mass is 312 g/mol. The summed E-state index contributed by atoms with van der Waals surface area (Å²) in [5.41, 5.74) is 9.04. The third-order valence-corrected chi connectivity index (χ3v) is 3.40. The van der Waals surface area contributed by atoms with Crippen LogP contribution in [0.2, 0.25) is 0 Å². The smallest absolute Gasteiger partial charge is 0.356 e. The molecule has 118 valence electrons. The molecule has 23 heavy (non-hydrogen) atoms. The Kier molecular flexibility index (Phi) is 3.84. The van der Waals surface area contributed by atoms with Gasteiger partial charge in [0.05, 0.1) is 25.6 Å².